The second kappa shape index (κ2) is 5.35. The van der Waals surface area contributed by atoms with E-state index in [1.807, 2.05) is 37.3 Å². The number of furan rings is 1. The van der Waals surface area contributed by atoms with Gasteiger partial charge in [0.25, 0.3) is 0 Å². The van der Waals surface area contributed by atoms with E-state index < -0.39 is 0 Å². The van der Waals surface area contributed by atoms with E-state index in [0.717, 1.165) is 46.3 Å². The summed E-state index contributed by atoms with van der Waals surface area (Å²) >= 11 is 0. The minimum absolute atomic E-state index is 0.329. The van der Waals surface area contributed by atoms with E-state index >= 15 is 0 Å². The normalized spacial score (nSPS) is 14.1. The molecule has 0 saturated carbocycles. The summed E-state index contributed by atoms with van der Waals surface area (Å²) in [7, 11) is 0. The van der Waals surface area contributed by atoms with Crippen molar-refractivity contribution >= 4 is 21.9 Å². The summed E-state index contributed by atoms with van der Waals surface area (Å²) in [5, 5.41) is 2.15. The summed E-state index contributed by atoms with van der Waals surface area (Å²) in [6.45, 7) is 1.98. The summed E-state index contributed by atoms with van der Waals surface area (Å²) in [5.41, 5.74) is 5.36. The van der Waals surface area contributed by atoms with Gasteiger partial charge < -0.3 is 8.83 Å². The minimum Gasteiger partial charge on any atom is -0.460 e. The Kier molecular flexibility index (Phi) is 3.11. The van der Waals surface area contributed by atoms with Crippen LogP contribution in [0.1, 0.15) is 29.7 Å². The Balaban J connectivity index is 1.93. The van der Waals surface area contributed by atoms with Crippen molar-refractivity contribution in [1.82, 2.24) is 0 Å². The van der Waals surface area contributed by atoms with Gasteiger partial charge in [-0.3, -0.25) is 0 Å². The maximum atomic E-state index is 12.2. The lowest BCUT2D eigenvalue weighted by molar-refractivity contribution is 0.503. The molecular formula is C22H18O3. The van der Waals surface area contributed by atoms with Crippen molar-refractivity contribution in [2.45, 2.75) is 32.6 Å². The van der Waals surface area contributed by atoms with E-state index in [2.05, 4.69) is 6.07 Å². The van der Waals surface area contributed by atoms with Crippen molar-refractivity contribution in [3.63, 3.8) is 0 Å². The third-order valence-electron chi connectivity index (χ3n) is 5.27. The smallest absolute Gasteiger partial charge is 0.336 e. The molecule has 0 saturated heterocycles. The van der Waals surface area contributed by atoms with Gasteiger partial charge in [0.05, 0.1) is 0 Å². The van der Waals surface area contributed by atoms with Crippen LogP contribution in [-0.2, 0) is 12.8 Å². The number of fused-ring (bicyclic) bond motifs is 4. The average Bonchev–Trinajstić information content (AvgIpc) is 3.02. The van der Waals surface area contributed by atoms with Crippen molar-refractivity contribution in [3.8, 4) is 11.1 Å². The van der Waals surface area contributed by atoms with E-state index in [9.17, 15) is 4.79 Å². The molecule has 4 aromatic rings. The third kappa shape index (κ3) is 2.15. The van der Waals surface area contributed by atoms with Gasteiger partial charge in [-0.15, -0.1) is 0 Å². The van der Waals surface area contributed by atoms with Crippen molar-refractivity contribution in [2.24, 2.45) is 0 Å². The quantitative estimate of drug-likeness (QED) is 0.439. The molecule has 3 heteroatoms. The first-order chi connectivity index (χ1) is 12.2. The second-order valence-electron chi connectivity index (χ2n) is 6.81. The Morgan fingerprint density at radius 1 is 0.880 bits per heavy atom. The monoisotopic (exact) mass is 330 g/mol. The molecule has 0 unspecified atom stereocenters. The summed E-state index contributed by atoms with van der Waals surface area (Å²) < 4.78 is 11.7. The number of benzene rings is 2. The molecule has 1 aliphatic carbocycles. The van der Waals surface area contributed by atoms with Crippen LogP contribution < -0.4 is 5.63 Å². The molecule has 0 atom stereocenters. The largest absolute Gasteiger partial charge is 0.460 e. The molecule has 0 fully saturated rings. The van der Waals surface area contributed by atoms with Gasteiger partial charge in [0.1, 0.15) is 16.9 Å². The highest BCUT2D eigenvalue weighted by Crippen LogP contribution is 2.39. The van der Waals surface area contributed by atoms with Crippen molar-refractivity contribution in [2.75, 3.05) is 0 Å². The number of hydrogen-bond acceptors (Lipinski definition) is 3. The first-order valence-corrected chi connectivity index (χ1v) is 8.79. The Morgan fingerprint density at radius 2 is 1.64 bits per heavy atom. The maximum absolute atomic E-state index is 12.2. The van der Waals surface area contributed by atoms with Gasteiger partial charge in [-0.25, -0.2) is 4.79 Å². The highest BCUT2D eigenvalue weighted by molar-refractivity contribution is 6.04. The predicted octanol–water partition coefficient (Wildman–Crippen LogP) is 5.39. The minimum atomic E-state index is -0.329. The van der Waals surface area contributed by atoms with E-state index in [4.69, 9.17) is 8.83 Å². The molecule has 2 aromatic carbocycles. The molecular weight excluding hydrogens is 312 g/mol. The Hall–Kier alpha value is -2.81. The number of aryl methyl sites for hydroxylation is 3. The zero-order valence-electron chi connectivity index (χ0n) is 14.1. The van der Waals surface area contributed by atoms with E-state index in [1.54, 1.807) is 6.07 Å². The van der Waals surface area contributed by atoms with Gasteiger partial charge in [-0.05, 0) is 43.4 Å². The van der Waals surface area contributed by atoms with Gasteiger partial charge in [-0.2, -0.15) is 0 Å². The number of rotatable bonds is 1. The molecule has 0 bridgehead atoms. The molecule has 3 nitrogen and oxygen atoms in total. The van der Waals surface area contributed by atoms with Crippen molar-refractivity contribution in [1.29, 1.82) is 0 Å². The third-order valence-corrected chi connectivity index (χ3v) is 5.27. The van der Waals surface area contributed by atoms with E-state index in [0.29, 0.717) is 5.58 Å². The fourth-order valence-corrected chi connectivity index (χ4v) is 4.05. The molecule has 0 amide bonds. The van der Waals surface area contributed by atoms with Gasteiger partial charge in [-0.1, -0.05) is 30.3 Å². The van der Waals surface area contributed by atoms with E-state index in [-0.39, 0.29) is 5.63 Å². The van der Waals surface area contributed by atoms with Gasteiger partial charge in [0.15, 0.2) is 0 Å². The summed E-state index contributed by atoms with van der Waals surface area (Å²) in [6.07, 6.45) is 4.43. The number of hydrogen-bond donors (Lipinski definition) is 0. The maximum Gasteiger partial charge on any atom is 0.336 e. The predicted molar refractivity (Wildman–Crippen MR) is 99.1 cm³/mol. The van der Waals surface area contributed by atoms with Crippen LogP contribution in [0.2, 0.25) is 0 Å². The molecule has 25 heavy (non-hydrogen) atoms. The topological polar surface area (TPSA) is 43.4 Å². The first kappa shape index (κ1) is 14.5. The van der Waals surface area contributed by atoms with Gasteiger partial charge in [0, 0.05) is 34.4 Å². The Labute approximate surface area is 144 Å². The molecule has 124 valence electrons. The van der Waals surface area contributed by atoms with Gasteiger partial charge in [0.2, 0.25) is 0 Å². The standard InChI is InChI=1S/C22H18O3/c1-13-21-17(15-9-5-6-10-19(15)24-21)11-18-16(12-20(23)25-22(13)18)14-7-3-2-4-8-14/h2-4,7-8,11-12H,5-6,9-10H2,1H3. The Bertz CT molecular complexity index is 1160. The lowest BCUT2D eigenvalue weighted by Crippen LogP contribution is -2.00. The van der Waals surface area contributed by atoms with Crippen LogP contribution >= 0.6 is 0 Å². The molecule has 2 heterocycles. The zero-order valence-corrected chi connectivity index (χ0v) is 14.1. The van der Waals surface area contributed by atoms with Crippen molar-refractivity contribution < 1.29 is 8.83 Å². The molecule has 0 spiro atoms. The zero-order chi connectivity index (χ0) is 17.0. The summed E-state index contributed by atoms with van der Waals surface area (Å²) in [6, 6.07) is 13.7. The highest BCUT2D eigenvalue weighted by Gasteiger charge is 2.22. The van der Waals surface area contributed by atoms with Crippen LogP contribution in [0.5, 0.6) is 0 Å². The van der Waals surface area contributed by atoms with Crippen molar-refractivity contribution in [3.05, 3.63) is 69.8 Å². The lowest BCUT2D eigenvalue weighted by atomic mass is 9.93. The molecule has 2 aromatic heterocycles. The second-order valence-corrected chi connectivity index (χ2v) is 6.81. The molecule has 0 radical (unpaired) electrons. The van der Waals surface area contributed by atoms with Crippen LogP contribution in [0.4, 0.5) is 0 Å². The Morgan fingerprint density at radius 3 is 2.48 bits per heavy atom. The summed E-state index contributed by atoms with van der Waals surface area (Å²) in [4.78, 5) is 12.2. The highest BCUT2D eigenvalue weighted by atomic mass is 16.4. The fraction of sp³-hybridized carbons (Fsp3) is 0.227. The molecule has 0 aliphatic heterocycles. The van der Waals surface area contributed by atoms with Crippen LogP contribution in [0, 0.1) is 6.92 Å². The average molecular weight is 330 g/mol. The van der Waals surface area contributed by atoms with Crippen LogP contribution in [-0.4, -0.2) is 0 Å². The van der Waals surface area contributed by atoms with E-state index in [1.165, 1.54) is 23.8 Å². The molecule has 1 aliphatic rings. The van der Waals surface area contributed by atoms with Crippen LogP contribution in [0.25, 0.3) is 33.1 Å². The molecule has 0 N–H and O–H groups in total. The molecule has 5 rings (SSSR count). The first-order valence-electron chi connectivity index (χ1n) is 8.79. The van der Waals surface area contributed by atoms with Gasteiger partial charge >= 0.3 is 5.63 Å². The lowest BCUT2D eigenvalue weighted by Gasteiger charge is -2.10. The van der Waals surface area contributed by atoms with Crippen LogP contribution in [0.15, 0.2) is 56.1 Å². The fourth-order valence-electron chi connectivity index (χ4n) is 4.05. The SMILES string of the molecule is Cc1c2oc(=O)cc(-c3ccccc3)c2cc2c3c(oc12)CCCC3. The van der Waals surface area contributed by atoms with Crippen LogP contribution in [0.3, 0.4) is 0 Å². The summed E-state index contributed by atoms with van der Waals surface area (Å²) in [5.74, 6) is 1.10.